The summed E-state index contributed by atoms with van der Waals surface area (Å²) in [4.78, 5) is 20.2. The van der Waals surface area contributed by atoms with Crippen LogP contribution in [0.1, 0.15) is 40.0 Å². The van der Waals surface area contributed by atoms with Crippen molar-refractivity contribution in [3.8, 4) is 22.4 Å². The van der Waals surface area contributed by atoms with Gasteiger partial charge in [0.1, 0.15) is 5.52 Å². The van der Waals surface area contributed by atoms with Crippen molar-refractivity contribution in [2.45, 2.75) is 45.6 Å². The highest BCUT2D eigenvalue weighted by Crippen LogP contribution is 2.32. The number of aromatic nitrogens is 5. The molecule has 0 spiro atoms. The molecule has 34 heavy (non-hydrogen) atoms. The largest absolute Gasteiger partial charge is 0.372 e. The lowest BCUT2D eigenvalue weighted by molar-refractivity contribution is 0.408. The Hall–Kier alpha value is -3.67. The molecule has 1 aliphatic rings. The van der Waals surface area contributed by atoms with E-state index in [1.807, 2.05) is 18.7 Å². The Morgan fingerprint density at radius 2 is 1.76 bits per heavy atom. The quantitative estimate of drug-likeness (QED) is 0.346. The molecule has 5 aromatic rings. The molecule has 6 rings (SSSR count). The van der Waals surface area contributed by atoms with Crippen LogP contribution in [-0.4, -0.2) is 37.6 Å². The van der Waals surface area contributed by atoms with Crippen LogP contribution >= 0.6 is 0 Å². The molecule has 1 fully saturated rings. The molecule has 0 atom stereocenters. The van der Waals surface area contributed by atoms with Crippen molar-refractivity contribution in [2.24, 2.45) is 0 Å². The van der Waals surface area contributed by atoms with Crippen LogP contribution in [0, 0.1) is 0 Å². The van der Waals surface area contributed by atoms with E-state index in [4.69, 9.17) is 9.97 Å². The third-order valence-corrected chi connectivity index (χ3v) is 6.82. The predicted octanol–water partition coefficient (Wildman–Crippen LogP) is 6.39. The minimum absolute atomic E-state index is 0.0417. The maximum Gasteiger partial charge on any atom is 0.156 e. The molecule has 6 heteroatoms. The van der Waals surface area contributed by atoms with Crippen LogP contribution in [0.5, 0.6) is 0 Å². The van der Waals surface area contributed by atoms with Gasteiger partial charge in [0.15, 0.2) is 5.65 Å². The number of hydrogen-bond donors (Lipinski definition) is 1. The van der Waals surface area contributed by atoms with Gasteiger partial charge in [-0.05, 0) is 69.9 Å². The first kappa shape index (κ1) is 20.9. The molecule has 1 aliphatic heterocycles. The molecule has 4 heterocycles. The molecule has 1 saturated heterocycles. The van der Waals surface area contributed by atoms with E-state index in [1.54, 1.807) is 0 Å². The molecule has 0 bridgehead atoms. The van der Waals surface area contributed by atoms with E-state index in [1.165, 1.54) is 24.9 Å². The maximum absolute atomic E-state index is 5.07. The van der Waals surface area contributed by atoms with Crippen molar-refractivity contribution in [2.75, 3.05) is 18.0 Å². The summed E-state index contributed by atoms with van der Waals surface area (Å²) in [6, 6.07) is 15.1. The van der Waals surface area contributed by atoms with Gasteiger partial charge in [-0.25, -0.2) is 15.0 Å². The van der Waals surface area contributed by atoms with Crippen molar-refractivity contribution in [3.63, 3.8) is 0 Å². The number of aromatic amines is 1. The van der Waals surface area contributed by atoms with E-state index < -0.39 is 0 Å². The summed E-state index contributed by atoms with van der Waals surface area (Å²) in [5.74, 6) is 0. The van der Waals surface area contributed by atoms with Gasteiger partial charge >= 0.3 is 0 Å². The van der Waals surface area contributed by atoms with Crippen LogP contribution in [0.4, 0.5) is 5.69 Å². The number of fused-ring (bicyclic) bond motifs is 2. The number of imidazole rings is 1. The summed E-state index contributed by atoms with van der Waals surface area (Å²) < 4.78 is 2.23. The predicted molar refractivity (Wildman–Crippen MR) is 139 cm³/mol. The lowest BCUT2D eigenvalue weighted by atomic mass is 10.0. The average Bonchev–Trinajstić information content (AvgIpc) is 3.48. The number of anilines is 1. The van der Waals surface area contributed by atoms with Crippen LogP contribution in [0.15, 0.2) is 61.2 Å². The van der Waals surface area contributed by atoms with Crippen LogP contribution in [0.3, 0.4) is 0 Å². The van der Waals surface area contributed by atoms with Crippen molar-refractivity contribution >= 4 is 27.9 Å². The lowest BCUT2D eigenvalue weighted by Crippen LogP contribution is -2.29. The van der Waals surface area contributed by atoms with Gasteiger partial charge in [0.2, 0.25) is 0 Å². The second kappa shape index (κ2) is 7.97. The van der Waals surface area contributed by atoms with Crippen molar-refractivity contribution < 1.29 is 0 Å². The Morgan fingerprint density at radius 1 is 0.912 bits per heavy atom. The minimum Gasteiger partial charge on any atom is -0.372 e. The first-order valence-corrected chi connectivity index (χ1v) is 12.1. The van der Waals surface area contributed by atoms with Gasteiger partial charge in [0.05, 0.1) is 29.3 Å². The van der Waals surface area contributed by atoms with Crippen molar-refractivity contribution in [1.82, 2.24) is 24.5 Å². The van der Waals surface area contributed by atoms with Crippen molar-refractivity contribution in [1.29, 1.82) is 0 Å². The Kier molecular flexibility index (Phi) is 4.90. The Labute approximate surface area is 199 Å². The summed E-state index contributed by atoms with van der Waals surface area (Å²) in [5.41, 5.74) is 9.21. The minimum atomic E-state index is -0.0417. The van der Waals surface area contributed by atoms with E-state index in [2.05, 4.69) is 82.7 Å². The number of nitrogens with one attached hydrogen (secondary N) is 1. The van der Waals surface area contributed by atoms with E-state index in [9.17, 15) is 0 Å². The monoisotopic (exact) mass is 450 g/mol. The van der Waals surface area contributed by atoms with Crippen LogP contribution in [0.2, 0.25) is 0 Å². The van der Waals surface area contributed by atoms with Gasteiger partial charge < -0.3 is 14.5 Å². The van der Waals surface area contributed by atoms with Gasteiger partial charge in [-0.1, -0.05) is 18.2 Å². The highest BCUT2D eigenvalue weighted by atomic mass is 15.1. The zero-order valence-corrected chi connectivity index (χ0v) is 20.0. The summed E-state index contributed by atoms with van der Waals surface area (Å²) in [6.07, 6.45) is 9.67. The molecule has 3 aromatic heterocycles. The number of nitrogens with zero attached hydrogens (tertiary/aromatic N) is 5. The third kappa shape index (κ3) is 3.63. The Morgan fingerprint density at radius 3 is 2.59 bits per heavy atom. The summed E-state index contributed by atoms with van der Waals surface area (Å²) in [6.45, 7) is 8.85. The average molecular weight is 451 g/mol. The van der Waals surface area contributed by atoms with E-state index >= 15 is 0 Å². The SMILES string of the molecule is CC(C)(C)n1cnc2ccc(-c3c[nH]c4ncc(-c5cccc(N6CCCCC6)c5)nc34)cc21. The standard InChI is InChI=1S/C28H30N6/c1-28(2,3)34-18-31-23-11-10-19(15-25(23)34)22-16-29-27-26(22)32-24(17-30-27)20-8-7-9-21(14-20)33-12-5-4-6-13-33/h7-11,14-18H,4-6,12-13H2,1-3H3,(H,29,30). The van der Waals surface area contributed by atoms with Crippen LogP contribution in [0.25, 0.3) is 44.6 Å². The fraction of sp³-hybridized carbons (Fsp3) is 0.321. The zero-order valence-electron chi connectivity index (χ0n) is 20.0. The second-order valence-electron chi connectivity index (χ2n) is 10.2. The molecule has 2 aromatic carbocycles. The van der Waals surface area contributed by atoms with Crippen LogP contribution < -0.4 is 4.90 Å². The van der Waals surface area contributed by atoms with Gasteiger partial charge in [-0.3, -0.25) is 0 Å². The highest BCUT2D eigenvalue weighted by Gasteiger charge is 2.18. The number of benzene rings is 2. The molecule has 0 aliphatic carbocycles. The molecular weight excluding hydrogens is 420 g/mol. The highest BCUT2D eigenvalue weighted by molar-refractivity contribution is 5.94. The second-order valence-corrected chi connectivity index (χ2v) is 10.2. The molecule has 0 amide bonds. The first-order chi connectivity index (χ1) is 16.5. The molecule has 0 unspecified atom stereocenters. The summed E-state index contributed by atoms with van der Waals surface area (Å²) in [5, 5.41) is 0. The van der Waals surface area contributed by atoms with Gasteiger partial charge in [0.25, 0.3) is 0 Å². The topological polar surface area (TPSA) is 62.6 Å². The van der Waals surface area contributed by atoms with E-state index in [0.29, 0.717) is 0 Å². The van der Waals surface area contributed by atoms with Gasteiger partial charge in [0, 0.05) is 41.6 Å². The summed E-state index contributed by atoms with van der Waals surface area (Å²) >= 11 is 0. The van der Waals surface area contributed by atoms with E-state index in [-0.39, 0.29) is 5.54 Å². The number of H-pyrrole nitrogens is 1. The number of piperidine rings is 1. The van der Waals surface area contributed by atoms with Gasteiger partial charge in [-0.2, -0.15) is 0 Å². The molecular formula is C28H30N6. The smallest absolute Gasteiger partial charge is 0.156 e. The molecule has 1 N–H and O–H groups in total. The summed E-state index contributed by atoms with van der Waals surface area (Å²) in [7, 11) is 0. The first-order valence-electron chi connectivity index (χ1n) is 12.1. The van der Waals surface area contributed by atoms with Crippen LogP contribution in [-0.2, 0) is 5.54 Å². The Bertz CT molecular complexity index is 1480. The molecule has 0 saturated carbocycles. The van der Waals surface area contributed by atoms with E-state index in [0.717, 1.165) is 57.7 Å². The lowest BCUT2D eigenvalue weighted by Gasteiger charge is -2.29. The number of hydrogen-bond acceptors (Lipinski definition) is 4. The number of rotatable bonds is 3. The maximum atomic E-state index is 5.07. The van der Waals surface area contributed by atoms with Gasteiger partial charge in [-0.15, -0.1) is 0 Å². The van der Waals surface area contributed by atoms with Crippen molar-refractivity contribution in [3.05, 3.63) is 61.2 Å². The zero-order chi connectivity index (χ0) is 23.3. The Balaban J connectivity index is 1.42. The fourth-order valence-electron chi connectivity index (χ4n) is 4.97. The molecule has 0 radical (unpaired) electrons. The third-order valence-electron chi connectivity index (χ3n) is 6.82. The molecule has 172 valence electrons. The normalized spacial score (nSPS) is 14.9. The molecule has 6 nitrogen and oxygen atoms in total. The fourth-order valence-corrected chi connectivity index (χ4v) is 4.97.